The maximum atomic E-state index is 2.47. The standard InChI is InChI=1S/C56H34S/c1-4-16-35(17-5-1)50-40-24-10-12-26-42(40)54(43-27-13-11-25-41(43)50)49-33-32-48(57-49)39-30-31-44-47(34-39)53(38-20-8-3-9-21-38)56-46-29-15-23-36-22-14-28-45(51(36)46)55(56)52(44)37-18-6-2-7-19-37/h1-34H. The van der Waals surface area contributed by atoms with Crippen molar-refractivity contribution in [2.45, 2.75) is 0 Å². The third kappa shape index (κ3) is 4.86. The fraction of sp³-hybridized carbons (Fsp3) is 0. The molecule has 0 bridgehead atoms. The van der Waals surface area contributed by atoms with Gasteiger partial charge in [0.2, 0.25) is 0 Å². The Morgan fingerprint density at radius 1 is 0.246 bits per heavy atom. The van der Waals surface area contributed by atoms with Crippen LogP contribution in [0.5, 0.6) is 0 Å². The van der Waals surface area contributed by atoms with Gasteiger partial charge in [-0.15, -0.1) is 11.3 Å². The third-order valence-corrected chi connectivity index (χ3v) is 13.2. The summed E-state index contributed by atoms with van der Waals surface area (Å²) in [7, 11) is 0. The van der Waals surface area contributed by atoms with E-state index in [4.69, 9.17) is 0 Å². The largest absolute Gasteiger partial charge is 0.135 e. The first kappa shape index (κ1) is 32.2. The van der Waals surface area contributed by atoms with Gasteiger partial charge in [0.15, 0.2) is 0 Å². The van der Waals surface area contributed by atoms with E-state index in [0.717, 1.165) is 0 Å². The van der Waals surface area contributed by atoms with Crippen LogP contribution in [0.15, 0.2) is 206 Å². The predicted octanol–water partition coefficient (Wildman–Crippen LogP) is 16.3. The zero-order valence-corrected chi connectivity index (χ0v) is 31.9. The second-order valence-corrected chi connectivity index (χ2v) is 16.2. The van der Waals surface area contributed by atoms with Crippen LogP contribution >= 0.6 is 11.3 Å². The van der Waals surface area contributed by atoms with Gasteiger partial charge < -0.3 is 0 Å². The molecule has 11 aromatic rings. The fourth-order valence-corrected chi connectivity index (χ4v) is 10.8. The molecule has 10 aromatic carbocycles. The average molecular weight is 739 g/mol. The van der Waals surface area contributed by atoms with Gasteiger partial charge in [0.25, 0.3) is 0 Å². The second-order valence-electron chi connectivity index (χ2n) is 15.1. The quantitative estimate of drug-likeness (QED) is 0.154. The van der Waals surface area contributed by atoms with Gasteiger partial charge in [0.05, 0.1) is 0 Å². The Morgan fingerprint density at radius 2 is 0.684 bits per heavy atom. The first-order valence-corrected chi connectivity index (χ1v) is 20.5. The molecule has 0 amide bonds. The first-order valence-electron chi connectivity index (χ1n) is 19.7. The number of hydrogen-bond acceptors (Lipinski definition) is 1. The van der Waals surface area contributed by atoms with Crippen molar-refractivity contribution in [3.05, 3.63) is 206 Å². The lowest BCUT2D eigenvalue weighted by Crippen LogP contribution is -1.94. The Bertz CT molecular complexity index is 3310. The van der Waals surface area contributed by atoms with Crippen molar-refractivity contribution in [3.63, 3.8) is 0 Å². The molecule has 0 atom stereocenters. The molecule has 1 aliphatic carbocycles. The molecular weight excluding hydrogens is 705 g/mol. The molecule has 1 aliphatic rings. The highest BCUT2D eigenvalue weighted by Crippen LogP contribution is 2.58. The highest BCUT2D eigenvalue weighted by atomic mass is 32.1. The van der Waals surface area contributed by atoms with Gasteiger partial charge in [0.1, 0.15) is 0 Å². The molecule has 0 spiro atoms. The van der Waals surface area contributed by atoms with Gasteiger partial charge in [-0.25, -0.2) is 0 Å². The fourth-order valence-electron chi connectivity index (χ4n) is 9.68. The summed E-state index contributed by atoms with van der Waals surface area (Å²) in [5.74, 6) is 0. The van der Waals surface area contributed by atoms with Crippen LogP contribution in [-0.2, 0) is 0 Å². The molecule has 0 saturated heterocycles. The minimum atomic E-state index is 1.23. The van der Waals surface area contributed by atoms with E-state index >= 15 is 0 Å². The zero-order valence-electron chi connectivity index (χ0n) is 31.0. The lowest BCUT2D eigenvalue weighted by Gasteiger charge is -2.21. The highest BCUT2D eigenvalue weighted by molar-refractivity contribution is 7.19. The van der Waals surface area contributed by atoms with Gasteiger partial charge in [-0.3, -0.25) is 0 Å². The smallest absolute Gasteiger partial charge is 0.0361 e. The van der Waals surface area contributed by atoms with Crippen LogP contribution in [0.25, 0.3) is 120 Å². The molecule has 1 heterocycles. The van der Waals surface area contributed by atoms with E-state index in [0.29, 0.717) is 0 Å². The third-order valence-electron chi connectivity index (χ3n) is 12.0. The molecule has 0 unspecified atom stereocenters. The van der Waals surface area contributed by atoms with Crippen LogP contribution in [-0.4, -0.2) is 0 Å². The van der Waals surface area contributed by atoms with Crippen molar-refractivity contribution in [1.29, 1.82) is 0 Å². The second kappa shape index (κ2) is 12.7. The van der Waals surface area contributed by atoms with Crippen molar-refractivity contribution in [3.8, 4) is 76.5 Å². The summed E-state index contributed by atoms with van der Waals surface area (Å²) in [6.07, 6.45) is 0. The highest BCUT2D eigenvalue weighted by Gasteiger charge is 2.30. The predicted molar refractivity (Wildman–Crippen MR) is 246 cm³/mol. The lowest BCUT2D eigenvalue weighted by molar-refractivity contribution is 1.62. The van der Waals surface area contributed by atoms with Gasteiger partial charge in [-0.2, -0.15) is 0 Å². The maximum absolute atomic E-state index is 2.47. The van der Waals surface area contributed by atoms with Crippen molar-refractivity contribution in [2.75, 3.05) is 0 Å². The molecule has 1 aromatic heterocycles. The van der Waals surface area contributed by atoms with Crippen molar-refractivity contribution < 1.29 is 0 Å². The summed E-state index contributed by atoms with van der Waals surface area (Å²) in [4.78, 5) is 2.54. The Labute approximate surface area is 335 Å². The molecule has 0 aliphatic heterocycles. The maximum Gasteiger partial charge on any atom is 0.0361 e. The summed E-state index contributed by atoms with van der Waals surface area (Å²) in [6, 6.07) is 76.3. The average Bonchev–Trinajstić information content (AvgIpc) is 3.90. The van der Waals surface area contributed by atoms with Crippen LogP contribution in [0.4, 0.5) is 0 Å². The zero-order chi connectivity index (χ0) is 37.5. The minimum Gasteiger partial charge on any atom is -0.135 e. The molecule has 0 nitrogen and oxygen atoms in total. The summed E-state index contributed by atoms with van der Waals surface area (Å²) in [5.41, 5.74) is 15.5. The topological polar surface area (TPSA) is 0 Å². The number of fused-ring (bicyclic) bond motifs is 6. The van der Waals surface area contributed by atoms with Crippen LogP contribution in [0.3, 0.4) is 0 Å². The van der Waals surface area contributed by atoms with E-state index in [1.165, 1.54) is 120 Å². The number of benzene rings is 10. The van der Waals surface area contributed by atoms with Gasteiger partial charge >= 0.3 is 0 Å². The summed E-state index contributed by atoms with van der Waals surface area (Å²) >= 11 is 1.89. The minimum absolute atomic E-state index is 1.23. The Hall–Kier alpha value is -7.06. The molecular formula is C56H34S. The molecule has 0 fully saturated rings. The van der Waals surface area contributed by atoms with Crippen molar-refractivity contribution in [2.24, 2.45) is 0 Å². The van der Waals surface area contributed by atoms with E-state index in [9.17, 15) is 0 Å². The number of hydrogen-bond donors (Lipinski definition) is 0. The molecule has 12 rings (SSSR count). The molecule has 0 radical (unpaired) electrons. The van der Waals surface area contributed by atoms with Crippen molar-refractivity contribution >= 4 is 54.4 Å². The van der Waals surface area contributed by atoms with E-state index in [-0.39, 0.29) is 0 Å². The molecule has 0 N–H and O–H groups in total. The van der Waals surface area contributed by atoms with Crippen LogP contribution in [0.1, 0.15) is 0 Å². The van der Waals surface area contributed by atoms with Gasteiger partial charge in [-0.05, 0) is 122 Å². The number of thiophene rings is 1. The van der Waals surface area contributed by atoms with Gasteiger partial charge in [0, 0.05) is 15.3 Å². The monoisotopic (exact) mass is 738 g/mol. The molecule has 264 valence electrons. The van der Waals surface area contributed by atoms with Crippen LogP contribution in [0.2, 0.25) is 0 Å². The molecule has 57 heavy (non-hydrogen) atoms. The first-order chi connectivity index (χ1) is 28.3. The molecule has 1 heteroatoms. The van der Waals surface area contributed by atoms with E-state index in [1.807, 2.05) is 11.3 Å². The Morgan fingerprint density at radius 3 is 1.23 bits per heavy atom. The lowest BCUT2D eigenvalue weighted by atomic mass is 9.82. The molecule has 0 saturated carbocycles. The summed E-state index contributed by atoms with van der Waals surface area (Å²) in [6.45, 7) is 0. The van der Waals surface area contributed by atoms with Crippen LogP contribution < -0.4 is 0 Å². The summed E-state index contributed by atoms with van der Waals surface area (Å²) < 4.78 is 0. The normalized spacial score (nSPS) is 11.9. The van der Waals surface area contributed by atoms with Crippen LogP contribution in [0, 0.1) is 0 Å². The van der Waals surface area contributed by atoms with Gasteiger partial charge in [-0.1, -0.05) is 188 Å². The number of rotatable bonds is 5. The van der Waals surface area contributed by atoms with E-state index < -0.39 is 0 Å². The summed E-state index contributed by atoms with van der Waals surface area (Å²) in [5, 5.41) is 10.3. The van der Waals surface area contributed by atoms with Crippen molar-refractivity contribution in [1.82, 2.24) is 0 Å². The van der Waals surface area contributed by atoms with E-state index in [1.54, 1.807) is 0 Å². The van der Waals surface area contributed by atoms with E-state index in [2.05, 4.69) is 206 Å². The Balaban J connectivity index is 1.12. The SMILES string of the molecule is c1ccc(-c2c3c(c(-c4ccccc4)c4cc(-c5ccc(-c6c7ccccc7c(-c7ccccc7)c7ccccc67)s5)ccc24)-c2cccc4cccc-3c24)cc1. The Kier molecular flexibility index (Phi) is 7.20.